The van der Waals surface area contributed by atoms with E-state index < -0.39 is 0 Å². The number of phenols is 1. The van der Waals surface area contributed by atoms with Crippen molar-refractivity contribution in [1.82, 2.24) is 0 Å². The fraction of sp³-hybridized carbons (Fsp3) is 0.167. The molecule has 0 heterocycles. The molecule has 0 spiro atoms. The molecule has 5 nitrogen and oxygen atoms in total. The molecule has 5 heteroatoms. The normalized spacial score (nSPS) is 10.6. The molecule has 2 aromatic rings. The van der Waals surface area contributed by atoms with Gasteiger partial charge in [-0.2, -0.15) is 0 Å². The van der Waals surface area contributed by atoms with Crippen LogP contribution in [0.25, 0.3) is 6.08 Å². The molecule has 0 aromatic heterocycles. The van der Waals surface area contributed by atoms with Crippen molar-refractivity contribution in [3.63, 3.8) is 0 Å². The van der Waals surface area contributed by atoms with Gasteiger partial charge in [0.1, 0.15) is 5.75 Å². The monoisotopic (exact) mass is 314 g/mol. The Balaban J connectivity index is 2.24. The van der Waals surface area contributed by atoms with Crippen molar-refractivity contribution in [2.75, 3.05) is 21.3 Å². The van der Waals surface area contributed by atoms with E-state index in [0.29, 0.717) is 5.56 Å². The predicted molar refractivity (Wildman–Crippen MR) is 87.6 cm³/mol. The molecular weight excluding hydrogens is 296 g/mol. The summed E-state index contributed by atoms with van der Waals surface area (Å²) < 4.78 is 15.2. The maximum absolute atomic E-state index is 12.3. The van der Waals surface area contributed by atoms with Crippen LogP contribution in [-0.4, -0.2) is 32.2 Å². The zero-order valence-corrected chi connectivity index (χ0v) is 13.2. The first kappa shape index (κ1) is 16.4. The molecule has 0 atom stereocenters. The average Bonchev–Trinajstić information content (AvgIpc) is 2.60. The molecule has 0 saturated heterocycles. The molecule has 120 valence electrons. The Bertz CT molecular complexity index is 692. The highest BCUT2D eigenvalue weighted by Crippen LogP contribution is 2.37. The van der Waals surface area contributed by atoms with E-state index in [1.807, 2.05) is 24.3 Å². The molecule has 1 N–H and O–H groups in total. The highest BCUT2D eigenvalue weighted by molar-refractivity contribution is 6.07. The predicted octanol–water partition coefficient (Wildman–Crippen LogP) is 3.31. The molecule has 0 bridgehead atoms. The van der Waals surface area contributed by atoms with Crippen LogP contribution in [0.2, 0.25) is 0 Å². The number of phenolic OH excluding ortho intramolecular Hbond substituents is 1. The Labute approximate surface area is 134 Å². The van der Waals surface area contributed by atoms with Crippen LogP contribution in [0.4, 0.5) is 0 Å². The van der Waals surface area contributed by atoms with Gasteiger partial charge in [-0.15, -0.1) is 0 Å². The summed E-state index contributed by atoms with van der Waals surface area (Å²) in [6.45, 7) is 0. The molecule has 0 saturated carbocycles. The van der Waals surface area contributed by atoms with Gasteiger partial charge in [0.25, 0.3) is 0 Å². The van der Waals surface area contributed by atoms with Crippen molar-refractivity contribution >= 4 is 11.9 Å². The number of carbonyl (C=O) groups is 1. The topological polar surface area (TPSA) is 65.0 Å². The zero-order valence-electron chi connectivity index (χ0n) is 13.2. The van der Waals surface area contributed by atoms with Gasteiger partial charge in [-0.3, -0.25) is 4.79 Å². The molecule has 0 radical (unpaired) electrons. The number of ketones is 1. The van der Waals surface area contributed by atoms with Crippen molar-refractivity contribution in [1.29, 1.82) is 0 Å². The molecule has 0 unspecified atom stereocenters. The van der Waals surface area contributed by atoms with Crippen LogP contribution in [0, 0.1) is 0 Å². The summed E-state index contributed by atoms with van der Waals surface area (Å²) in [6, 6.07) is 10.3. The summed E-state index contributed by atoms with van der Waals surface area (Å²) in [5.74, 6) is 0.765. The maximum Gasteiger partial charge on any atom is 0.200 e. The zero-order chi connectivity index (χ0) is 16.8. The summed E-state index contributed by atoms with van der Waals surface area (Å²) in [6.07, 6.45) is 3.15. The first-order valence-corrected chi connectivity index (χ1v) is 6.90. The lowest BCUT2D eigenvalue weighted by molar-refractivity contribution is 0.104. The second-order valence-corrected chi connectivity index (χ2v) is 4.70. The third-order valence-corrected chi connectivity index (χ3v) is 3.31. The summed E-state index contributed by atoms with van der Waals surface area (Å²) in [5.41, 5.74) is 1.23. The third-order valence-electron chi connectivity index (χ3n) is 3.31. The largest absolute Gasteiger partial charge is 0.502 e. The quantitative estimate of drug-likeness (QED) is 0.654. The molecule has 0 fully saturated rings. The van der Waals surface area contributed by atoms with Crippen molar-refractivity contribution in [3.8, 4) is 23.0 Å². The van der Waals surface area contributed by atoms with Gasteiger partial charge < -0.3 is 19.3 Å². The van der Waals surface area contributed by atoms with Crippen molar-refractivity contribution in [2.24, 2.45) is 0 Å². The highest BCUT2D eigenvalue weighted by atomic mass is 16.5. The van der Waals surface area contributed by atoms with Gasteiger partial charge in [-0.25, -0.2) is 0 Å². The van der Waals surface area contributed by atoms with E-state index in [9.17, 15) is 9.90 Å². The van der Waals surface area contributed by atoms with Gasteiger partial charge in [0.15, 0.2) is 17.3 Å². The minimum Gasteiger partial charge on any atom is -0.502 e. The van der Waals surface area contributed by atoms with Gasteiger partial charge >= 0.3 is 0 Å². The Morgan fingerprint density at radius 2 is 1.52 bits per heavy atom. The molecule has 0 aliphatic rings. The summed E-state index contributed by atoms with van der Waals surface area (Å²) in [5, 5.41) is 9.86. The maximum atomic E-state index is 12.3. The van der Waals surface area contributed by atoms with E-state index in [2.05, 4.69) is 0 Å². The Morgan fingerprint density at radius 1 is 0.957 bits per heavy atom. The summed E-state index contributed by atoms with van der Waals surface area (Å²) in [7, 11) is 4.42. The molecule has 2 rings (SSSR count). The SMILES string of the molecule is COc1ccc(/C=C/C(=O)c2cc(OC)c(O)c(OC)c2)cc1. The van der Waals surface area contributed by atoms with Crippen LogP contribution in [0.1, 0.15) is 15.9 Å². The summed E-state index contributed by atoms with van der Waals surface area (Å²) in [4.78, 5) is 12.3. The number of aromatic hydroxyl groups is 1. The fourth-order valence-electron chi connectivity index (χ4n) is 2.02. The van der Waals surface area contributed by atoms with Crippen LogP contribution in [0.3, 0.4) is 0 Å². The minimum atomic E-state index is -0.225. The van der Waals surface area contributed by atoms with E-state index in [1.54, 1.807) is 13.2 Å². The van der Waals surface area contributed by atoms with Crippen LogP contribution in [0.15, 0.2) is 42.5 Å². The van der Waals surface area contributed by atoms with Crippen molar-refractivity contribution in [2.45, 2.75) is 0 Å². The van der Waals surface area contributed by atoms with E-state index in [-0.39, 0.29) is 23.0 Å². The second kappa shape index (κ2) is 7.35. The van der Waals surface area contributed by atoms with E-state index in [4.69, 9.17) is 14.2 Å². The molecule has 2 aromatic carbocycles. The van der Waals surface area contributed by atoms with Gasteiger partial charge in [-0.05, 0) is 35.9 Å². The number of hydrogen-bond donors (Lipinski definition) is 1. The lowest BCUT2D eigenvalue weighted by Crippen LogP contribution is -1.98. The van der Waals surface area contributed by atoms with Crippen LogP contribution < -0.4 is 14.2 Å². The smallest absolute Gasteiger partial charge is 0.200 e. The molecule has 0 aliphatic heterocycles. The van der Waals surface area contributed by atoms with Crippen LogP contribution in [0.5, 0.6) is 23.0 Å². The summed E-state index contributed by atoms with van der Waals surface area (Å²) >= 11 is 0. The number of methoxy groups -OCH3 is 3. The number of ether oxygens (including phenoxy) is 3. The average molecular weight is 314 g/mol. The Morgan fingerprint density at radius 3 is 2.00 bits per heavy atom. The Hall–Kier alpha value is -2.95. The second-order valence-electron chi connectivity index (χ2n) is 4.70. The number of benzene rings is 2. The number of hydrogen-bond acceptors (Lipinski definition) is 5. The van der Waals surface area contributed by atoms with Crippen molar-refractivity contribution in [3.05, 3.63) is 53.6 Å². The van der Waals surface area contributed by atoms with Crippen molar-refractivity contribution < 1.29 is 24.1 Å². The van der Waals surface area contributed by atoms with Gasteiger partial charge in [0.05, 0.1) is 21.3 Å². The van der Waals surface area contributed by atoms with Gasteiger partial charge in [0.2, 0.25) is 5.75 Å². The fourth-order valence-corrected chi connectivity index (χ4v) is 2.02. The first-order valence-electron chi connectivity index (χ1n) is 6.90. The molecule has 0 amide bonds. The lowest BCUT2D eigenvalue weighted by Gasteiger charge is -2.09. The molecular formula is C18H18O5. The van der Waals surface area contributed by atoms with Crippen LogP contribution >= 0.6 is 0 Å². The van der Waals surface area contributed by atoms with Gasteiger partial charge in [-0.1, -0.05) is 18.2 Å². The van der Waals surface area contributed by atoms with E-state index in [1.165, 1.54) is 32.4 Å². The minimum absolute atomic E-state index is 0.134. The Kier molecular flexibility index (Phi) is 5.25. The standard InChI is InChI=1S/C18H18O5/c1-21-14-7-4-12(5-8-14)6-9-15(19)13-10-16(22-2)18(20)17(11-13)23-3/h4-11,20H,1-3H3/b9-6+. The number of rotatable bonds is 6. The van der Waals surface area contributed by atoms with Crippen LogP contribution in [-0.2, 0) is 0 Å². The lowest BCUT2D eigenvalue weighted by atomic mass is 10.1. The molecule has 0 aliphatic carbocycles. The van der Waals surface area contributed by atoms with E-state index >= 15 is 0 Å². The highest BCUT2D eigenvalue weighted by Gasteiger charge is 2.14. The number of allylic oxidation sites excluding steroid dienone is 1. The number of carbonyl (C=O) groups excluding carboxylic acids is 1. The van der Waals surface area contributed by atoms with Gasteiger partial charge in [0, 0.05) is 5.56 Å². The third kappa shape index (κ3) is 3.83. The van der Waals surface area contributed by atoms with E-state index in [0.717, 1.165) is 11.3 Å². The first-order chi connectivity index (χ1) is 11.1. The molecule has 23 heavy (non-hydrogen) atoms.